The number of carboxylic acid groups (broad SMARTS) is 1. The SMILES string of the molecule is C#CCN(CC(=O)O)Cc1cncn1C(C)C. The van der Waals surface area contributed by atoms with E-state index in [-0.39, 0.29) is 6.54 Å². The second kappa shape index (κ2) is 6.06. The molecule has 17 heavy (non-hydrogen) atoms. The van der Waals surface area contributed by atoms with Crippen LogP contribution < -0.4 is 0 Å². The highest BCUT2D eigenvalue weighted by Crippen LogP contribution is 2.11. The van der Waals surface area contributed by atoms with Gasteiger partial charge in [-0.3, -0.25) is 9.69 Å². The van der Waals surface area contributed by atoms with E-state index in [0.717, 1.165) is 5.69 Å². The number of hydrogen-bond donors (Lipinski definition) is 1. The van der Waals surface area contributed by atoms with Gasteiger partial charge in [-0.05, 0) is 13.8 Å². The molecule has 0 bridgehead atoms. The summed E-state index contributed by atoms with van der Waals surface area (Å²) in [5, 5.41) is 8.78. The maximum absolute atomic E-state index is 10.7. The van der Waals surface area contributed by atoms with Crippen LogP contribution in [0.15, 0.2) is 12.5 Å². The molecular weight excluding hydrogens is 218 g/mol. The lowest BCUT2D eigenvalue weighted by molar-refractivity contribution is -0.138. The van der Waals surface area contributed by atoms with Gasteiger partial charge in [-0.15, -0.1) is 6.42 Å². The number of aromatic nitrogens is 2. The summed E-state index contributed by atoms with van der Waals surface area (Å²) in [4.78, 5) is 16.5. The van der Waals surface area contributed by atoms with Crippen LogP contribution in [0.3, 0.4) is 0 Å². The van der Waals surface area contributed by atoms with Crippen LogP contribution in [0.4, 0.5) is 0 Å². The Hall–Kier alpha value is -1.80. The molecular formula is C12H17N3O2. The van der Waals surface area contributed by atoms with Crippen molar-refractivity contribution in [1.82, 2.24) is 14.5 Å². The topological polar surface area (TPSA) is 58.4 Å². The Kier molecular flexibility index (Phi) is 4.73. The van der Waals surface area contributed by atoms with Crippen molar-refractivity contribution in [3.8, 4) is 12.3 Å². The van der Waals surface area contributed by atoms with Gasteiger partial charge in [0, 0.05) is 18.8 Å². The van der Waals surface area contributed by atoms with Crippen LogP contribution in [0, 0.1) is 12.3 Å². The second-order valence-electron chi connectivity index (χ2n) is 4.13. The van der Waals surface area contributed by atoms with E-state index in [1.807, 2.05) is 18.4 Å². The van der Waals surface area contributed by atoms with E-state index in [4.69, 9.17) is 11.5 Å². The lowest BCUT2D eigenvalue weighted by Gasteiger charge is -2.19. The molecule has 0 atom stereocenters. The van der Waals surface area contributed by atoms with Gasteiger partial charge in [0.2, 0.25) is 0 Å². The lowest BCUT2D eigenvalue weighted by Crippen LogP contribution is -2.30. The molecule has 0 aliphatic rings. The normalized spacial score (nSPS) is 10.8. The summed E-state index contributed by atoms with van der Waals surface area (Å²) >= 11 is 0. The van der Waals surface area contributed by atoms with Crippen molar-refractivity contribution in [2.75, 3.05) is 13.1 Å². The molecule has 0 aromatic carbocycles. The number of rotatable bonds is 6. The summed E-state index contributed by atoms with van der Waals surface area (Å²) in [7, 11) is 0. The number of nitrogens with zero attached hydrogens (tertiary/aromatic N) is 3. The number of terminal acetylenes is 1. The molecule has 1 rings (SSSR count). The standard InChI is InChI=1S/C12H17N3O2/c1-4-5-14(8-12(16)17)7-11-6-13-9-15(11)10(2)3/h1,6,9-10H,5,7-8H2,2-3H3,(H,16,17). The molecule has 1 aromatic heterocycles. The molecule has 0 aliphatic carbocycles. The van der Waals surface area contributed by atoms with Crippen LogP contribution in [0.2, 0.25) is 0 Å². The van der Waals surface area contributed by atoms with Gasteiger partial charge < -0.3 is 9.67 Å². The maximum Gasteiger partial charge on any atom is 0.317 e. The largest absolute Gasteiger partial charge is 0.480 e. The fraction of sp³-hybridized carbons (Fsp3) is 0.500. The molecule has 1 aromatic rings. The summed E-state index contributed by atoms with van der Waals surface area (Å²) in [6.07, 6.45) is 8.71. The number of carbonyl (C=O) groups is 1. The van der Waals surface area contributed by atoms with Crippen LogP contribution in [-0.4, -0.2) is 38.6 Å². The third kappa shape index (κ3) is 3.93. The van der Waals surface area contributed by atoms with Crippen molar-refractivity contribution in [3.05, 3.63) is 18.2 Å². The van der Waals surface area contributed by atoms with Gasteiger partial charge in [0.15, 0.2) is 0 Å². The first-order valence-corrected chi connectivity index (χ1v) is 5.43. The Labute approximate surface area is 101 Å². The van der Waals surface area contributed by atoms with Crippen LogP contribution in [0.1, 0.15) is 25.6 Å². The third-order valence-electron chi connectivity index (χ3n) is 2.36. The first-order valence-electron chi connectivity index (χ1n) is 5.43. The highest BCUT2D eigenvalue weighted by Gasteiger charge is 2.12. The van der Waals surface area contributed by atoms with Gasteiger partial charge >= 0.3 is 5.97 Å². The number of carboxylic acids is 1. The summed E-state index contributed by atoms with van der Waals surface area (Å²) < 4.78 is 2.01. The smallest absolute Gasteiger partial charge is 0.317 e. The van der Waals surface area contributed by atoms with E-state index in [0.29, 0.717) is 19.1 Å². The molecule has 5 heteroatoms. The minimum atomic E-state index is -0.879. The Morgan fingerprint density at radius 3 is 2.94 bits per heavy atom. The summed E-state index contributed by atoms with van der Waals surface area (Å²) in [5.74, 6) is 1.59. The summed E-state index contributed by atoms with van der Waals surface area (Å²) in [6, 6.07) is 0.296. The van der Waals surface area contributed by atoms with E-state index in [2.05, 4.69) is 10.9 Å². The number of hydrogen-bond acceptors (Lipinski definition) is 3. The summed E-state index contributed by atoms with van der Waals surface area (Å²) in [6.45, 7) is 4.85. The molecule has 1 N–H and O–H groups in total. The predicted molar refractivity (Wildman–Crippen MR) is 64.4 cm³/mol. The molecule has 5 nitrogen and oxygen atoms in total. The van der Waals surface area contributed by atoms with E-state index >= 15 is 0 Å². The van der Waals surface area contributed by atoms with Crippen molar-refractivity contribution in [2.45, 2.75) is 26.4 Å². The maximum atomic E-state index is 10.7. The van der Waals surface area contributed by atoms with Gasteiger partial charge in [0.25, 0.3) is 0 Å². The quantitative estimate of drug-likeness (QED) is 0.747. The average Bonchev–Trinajstić information content (AvgIpc) is 2.65. The molecule has 0 amide bonds. The summed E-state index contributed by atoms with van der Waals surface area (Å²) in [5.41, 5.74) is 0.969. The first kappa shape index (κ1) is 13.3. The zero-order valence-corrected chi connectivity index (χ0v) is 10.1. The Morgan fingerprint density at radius 1 is 1.71 bits per heavy atom. The van der Waals surface area contributed by atoms with Gasteiger partial charge in [-0.25, -0.2) is 4.98 Å². The molecule has 1 heterocycles. The molecule has 0 saturated carbocycles. The number of aliphatic carboxylic acids is 1. The predicted octanol–water partition coefficient (Wildman–Crippen LogP) is 0.984. The zero-order chi connectivity index (χ0) is 12.8. The van der Waals surface area contributed by atoms with Crippen LogP contribution >= 0.6 is 0 Å². The Bertz CT molecular complexity index is 418. The average molecular weight is 235 g/mol. The third-order valence-corrected chi connectivity index (χ3v) is 2.36. The van der Waals surface area contributed by atoms with Crippen LogP contribution in [0.25, 0.3) is 0 Å². The van der Waals surface area contributed by atoms with E-state index in [1.54, 1.807) is 17.4 Å². The fourth-order valence-electron chi connectivity index (χ4n) is 1.64. The Balaban J connectivity index is 2.75. The molecule has 92 valence electrons. The second-order valence-corrected chi connectivity index (χ2v) is 4.13. The first-order chi connectivity index (χ1) is 8.04. The molecule has 0 radical (unpaired) electrons. The number of imidazole rings is 1. The van der Waals surface area contributed by atoms with Crippen molar-refractivity contribution >= 4 is 5.97 Å². The molecule has 0 aliphatic heterocycles. The van der Waals surface area contributed by atoms with Crippen molar-refractivity contribution in [2.24, 2.45) is 0 Å². The molecule has 0 saturated heterocycles. The minimum Gasteiger partial charge on any atom is -0.480 e. The minimum absolute atomic E-state index is 0.0620. The van der Waals surface area contributed by atoms with Crippen LogP contribution in [-0.2, 0) is 11.3 Å². The van der Waals surface area contributed by atoms with Gasteiger partial charge in [0.05, 0.1) is 25.1 Å². The van der Waals surface area contributed by atoms with Crippen molar-refractivity contribution in [3.63, 3.8) is 0 Å². The Morgan fingerprint density at radius 2 is 2.41 bits per heavy atom. The van der Waals surface area contributed by atoms with E-state index < -0.39 is 5.97 Å². The van der Waals surface area contributed by atoms with Crippen LogP contribution in [0.5, 0.6) is 0 Å². The van der Waals surface area contributed by atoms with Gasteiger partial charge in [0.1, 0.15) is 0 Å². The highest BCUT2D eigenvalue weighted by molar-refractivity contribution is 5.69. The van der Waals surface area contributed by atoms with Crippen molar-refractivity contribution < 1.29 is 9.90 Å². The van der Waals surface area contributed by atoms with Gasteiger partial charge in [-0.2, -0.15) is 0 Å². The monoisotopic (exact) mass is 235 g/mol. The highest BCUT2D eigenvalue weighted by atomic mass is 16.4. The fourth-order valence-corrected chi connectivity index (χ4v) is 1.64. The molecule has 0 unspecified atom stereocenters. The van der Waals surface area contributed by atoms with E-state index in [9.17, 15) is 4.79 Å². The van der Waals surface area contributed by atoms with E-state index in [1.165, 1.54) is 0 Å². The zero-order valence-electron chi connectivity index (χ0n) is 10.1. The molecule has 0 spiro atoms. The molecule has 0 fully saturated rings. The van der Waals surface area contributed by atoms with Gasteiger partial charge in [-0.1, -0.05) is 5.92 Å². The lowest BCUT2D eigenvalue weighted by atomic mass is 10.3. The van der Waals surface area contributed by atoms with Crippen molar-refractivity contribution in [1.29, 1.82) is 0 Å².